The van der Waals surface area contributed by atoms with E-state index in [2.05, 4.69) is 10.4 Å². The predicted molar refractivity (Wildman–Crippen MR) is 96.2 cm³/mol. The summed E-state index contributed by atoms with van der Waals surface area (Å²) < 4.78 is 28.8. The molecule has 0 spiro atoms. The summed E-state index contributed by atoms with van der Waals surface area (Å²) >= 11 is 0. The fourth-order valence-corrected chi connectivity index (χ4v) is 2.59. The maximum atomic E-state index is 14.1. The number of amides is 1. The van der Waals surface area contributed by atoms with Crippen molar-refractivity contribution in [2.24, 2.45) is 0 Å². The number of rotatable bonds is 6. The molecule has 0 atom stereocenters. The molecule has 134 valence electrons. The Bertz CT molecular complexity index is 904. The van der Waals surface area contributed by atoms with Crippen molar-refractivity contribution in [1.82, 2.24) is 15.1 Å². The van der Waals surface area contributed by atoms with Crippen molar-refractivity contribution in [3.8, 4) is 16.9 Å². The standard InChI is InChI=1S/C20H19F2N3O/c1-2-3-12-23-20(26)19-13-18(16-6-4-5-7-17(16)22)24-25(19)15-10-8-14(21)9-11-15/h4-11,13H,2-3,12H2,1H3,(H,23,26). The van der Waals surface area contributed by atoms with E-state index in [1.165, 1.54) is 35.0 Å². The molecule has 0 radical (unpaired) electrons. The Morgan fingerprint density at radius 2 is 1.85 bits per heavy atom. The van der Waals surface area contributed by atoms with Crippen LogP contribution < -0.4 is 5.32 Å². The van der Waals surface area contributed by atoms with E-state index in [0.29, 0.717) is 23.5 Å². The first-order valence-electron chi connectivity index (χ1n) is 8.49. The minimum atomic E-state index is -0.422. The molecule has 26 heavy (non-hydrogen) atoms. The van der Waals surface area contributed by atoms with Crippen LogP contribution in [0.3, 0.4) is 0 Å². The highest BCUT2D eigenvalue weighted by atomic mass is 19.1. The first-order valence-corrected chi connectivity index (χ1v) is 8.49. The Labute approximate surface area is 150 Å². The zero-order valence-electron chi connectivity index (χ0n) is 14.4. The van der Waals surface area contributed by atoms with E-state index in [-0.39, 0.29) is 17.4 Å². The lowest BCUT2D eigenvalue weighted by molar-refractivity contribution is 0.0945. The van der Waals surface area contributed by atoms with Gasteiger partial charge in [0.15, 0.2) is 0 Å². The topological polar surface area (TPSA) is 46.9 Å². The van der Waals surface area contributed by atoms with Crippen LogP contribution >= 0.6 is 0 Å². The normalized spacial score (nSPS) is 10.7. The maximum absolute atomic E-state index is 14.1. The summed E-state index contributed by atoms with van der Waals surface area (Å²) in [5.74, 6) is -1.11. The molecule has 1 N–H and O–H groups in total. The molecule has 1 heterocycles. The number of nitrogens with zero attached hydrogens (tertiary/aromatic N) is 2. The Balaban J connectivity index is 2.04. The molecule has 1 amide bonds. The van der Waals surface area contributed by atoms with Crippen LogP contribution in [0.25, 0.3) is 16.9 Å². The van der Waals surface area contributed by atoms with E-state index in [4.69, 9.17) is 0 Å². The van der Waals surface area contributed by atoms with Crippen LogP contribution in [0.15, 0.2) is 54.6 Å². The summed E-state index contributed by atoms with van der Waals surface area (Å²) in [4.78, 5) is 12.6. The van der Waals surface area contributed by atoms with Gasteiger partial charge in [-0.15, -0.1) is 0 Å². The molecule has 0 bridgehead atoms. The molecule has 0 aliphatic rings. The smallest absolute Gasteiger partial charge is 0.270 e. The lowest BCUT2D eigenvalue weighted by Gasteiger charge is -2.08. The van der Waals surface area contributed by atoms with Gasteiger partial charge in [-0.25, -0.2) is 13.5 Å². The monoisotopic (exact) mass is 355 g/mol. The summed E-state index contributed by atoms with van der Waals surface area (Å²) in [6.07, 6.45) is 1.81. The summed E-state index contributed by atoms with van der Waals surface area (Å²) in [5.41, 5.74) is 1.43. The minimum Gasteiger partial charge on any atom is -0.351 e. The molecule has 1 aromatic heterocycles. The van der Waals surface area contributed by atoms with Gasteiger partial charge in [0.2, 0.25) is 0 Å². The quantitative estimate of drug-likeness (QED) is 0.668. The van der Waals surface area contributed by atoms with E-state index in [1.54, 1.807) is 24.3 Å². The van der Waals surface area contributed by atoms with Crippen LogP contribution in [0.1, 0.15) is 30.3 Å². The van der Waals surface area contributed by atoms with Gasteiger partial charge < -0.3 is 5.32 Å². The van der Waals surface area contributed by atoms with E-state index < -0.39 is 5.82 Å². The number of hydrogen-bond donors (Lipinski definition) is 1. The number of hydrogen-bond acceptors (Lipinski definition) is 2. The van der Waals surface area contributed by atoms with Gasteiger partial charge in [-0.05, 0) is 48.9 Å². The summed E-state index contributed by atoms with van der Waals surface area (Å²) in [6.45, 7) is 2.57. The van der Waals surface area contributed by atoms with Crippen LogP contribution in [-0.2, 0) is 0 Å². The average molecular weight is 355 g/mol. The van der Waals surface area contributed by atoms with Crippen molar-refractivity contribution in [1.29, 1.82) is 0 Å². The van der Waals surface area contributed by atoms with Gasteiger partial charge in [-0.2, -0.15) is 5.10 Å². The highest BCUT2D eigenvalue weighted by Crippen LogP contribution is 2.24. The van der Waals surface area contributed by atoms with Crippen molar-refractivity contribution < 1.29 is 13.6 Å². The third kappa shape index (κ3) is 3.79. The molecule has 0 fully saturated rings. The molecule has 3 rings (SSSR count). The first kappa shape index (κ1) is 17.8. The molecule has 6 heteroatoms. The van der Waals surface area contributed by atoms with E-state index >= 15 is 0 Å². The SMILES string of the molecule is CCCCNC(=O)c1cc(-c2ccccc2F)nn1-c1ccc(F)cc1. The van der Waals surface area contributed by atoms with Crippen molar-refractivity contribution in [3.05, 3.63) is 71.9 Å². The van der Waals surface area contributed by atoms with Crippen LogP contribution in [0.5, 0.6) is 0 Å². The second-order valence-corrected chi connectivity index (χ2v) is 5.89. The molecule has 0 unspecified atom stereocenters. The third-order valence-corrected chi connectivity index (χ3v) is 3.98. The van der Waals surface area contributed by atoms with Crippen LogP contribution in [0.2, 0.25) is 0 Å². The largest absolute Gasteiger partial charge is 0.351 e. The van der Waals surface area contributed by atoms with Gasteiger partial charge in [-0.3, -0.25) is 4.79 Å². The van der Waals surface area contributed by atoms with Gasteiger partial charge in [0.1, 0.15) is 17.3 Å². The second kappa shape index (κ2) is 7.91. The highest BCUT2D eigenvalue weighted by Gasteiger charge is 2.18. The molecule has 0 aliphatic carbocycles. The lowest BCUT2D eigenvalue weighted by Crippen LogP contribution is -2.26. The van der Waals surface area contributed by atoms with Gasteiger partial charge in [0, 0.05) is 12.1 Å². The molecule has 4 nitrogen and oxygen atoms in total. The van der Waals surface area contributed by atoms with Gasteiger partial charge in [-0.1, -0.05) is 25.5 Å². The Morgan fingerprint density at radius 3 is 2.54 bits per heavy atom. The zero-order valence-corrected chi connectivity index (χ0v) is 14.4. The van der Waals surface area contributed by atoms with Crippen LogP contribution in [0, 0.1) is 11.6 Å². The average Bonchev–Trinajstić information content (AvgIpc) is 3.08. The molecule has 0 aliphatic heterocycles. The predicted octanol–water partition coefficient (Wildman–Crippen LogP) is 4.35. The first-order chi connectivity index (χ1) is 12.6. The number of halogens is 2. The molecule has 3 aromatic rings. The number of aromatic nitrogens is 2. The number of nitrogens with one attached hydrogen (secondary N) is 1. The zero-order chi connectivity index (χ0) is 18.5. The van der Waals surface area contributed by atoms with Crippen LogP contribution in [-0.4, -0.2) is 22.2 Å². The van der Waals surface area contributed by atoms with Crippen molar-refractivity contribution in [2.45, 2.75) is 19.8 Å². The summed E-state index contributed by atoms with van der Waals surface area (Å²) in [6, 6.07) is 13.4. The summed E-state index contributed by atoms with van der Waals surface area (Å²) in [7, 11) is 0. The Morgan fingerprint density at radius 1 is 1.12 bits per heavy atom. The number of carbonyl (C=O) groups is 1. The number of benzene rings is 2. The fraction of sp³-hybridized carbons (Fsp3) is 0.200. The highest BCUT2D eigenvalue weighted by molar-refractivity contribution is 5.94. The van der Waals surface area contributed by atoms with E-state index in [9.17, 15) is 13.6 Å². The second-order valence-electron chi connectivity index (χ2n) is 5.89. The maximum Gasteiger partial charge on any atom is 0.270 e. The molecule has 0 saturated carbocycles. The Kier molecular flexibility index (Phi) is 5.41. The van der Waals surface area contributed by atoms with Crippen molar-refractivity contribution in [2.75, 3.05) is 6.54 Å². The van der Waals surface area contributed by atoms with Crippen molar-refractivity contribution in [3.63, 3.8) is 0 Å². The molecule has 0 saturated heterocycles. The van der Waals surface area contributed by atoms with Gasteiger partial charge >= 0.3 is 0 Å². The fourth-order valence-electron chi connectivity index (χ4n) is 2.59. The number of carbonyl (C=O) groups excluding carboxylic acids is 1. The van der Waals surface area contributed by atoms with Gasteiger partial charge in [0.25, 0.3) is 5.91 Å². The van der Waals surface area contributed by atoms with E-state index in [0.717, 1.165) is 12.8 Å². The molecule has 2 aromatic carbocycles. The summed E-state index contributed by atoms with van der Waals surface area (Å²) in [5, 5.41) is 7.22. The van der Waals surface area contributed by atoms with Gasteiger partial charge in [0.05, 0.1) is 11.4 Å². The van der Waals surface area contributed by atoms with Crippen LogP contribution in [0.4, 0.5) is 8.78 Å². The lowest BCUT2D eigenvalue weighted by atomic mass is 10.1. The third-order valence-electron chi connectivity index (χ3n) is 3.98. The Hall–Kier alpha value is -3.02. The number of unbranched alkanes of at least 4 members (excludes halogenated alkanes) is 1. The molecular formula is C20H19F2N3O. The molecular weight excluding hydrogens is 336 g/mol. The minimum absolute atomic E-state index is 0.269. The van der Waals surface area contributed by atoms with E-state index in [1.807, 2.05) is 6.92 Å². The van der Waals surface area contributed by atoms with Crippen molar-refractivity contribution >= 4 is 5.91 Å².